The molecule has 0 aromatic carbocycles. The maximum atomic E-state index is 8.74. The largest absolute Gasteiger partial charge is 0.248 e. The van der Waals surface area contributed by atoms with Crippen LogP contribution in [0.4, 0.5) is 0 Å². The van der Waals surface area contributed by atoms with Gasteiger partial charge in [-0.2, -0.15) is 5.26 Å². The highest BCUT2D eigenvalue weighted by Gasteiger charge is 2.47. The Kier molecular flexibility index (Phi) is 1.06. The summed E-state index contributed by atoms with van der Waals surface area (Å²) < 4.78 is 0. The third-order valence-corrected chi connectivity index (χ3v) is 2.78. The van der Waals surface area contributed by atoms with Crippen molar-refractivity contribution >= 4 is 11.3 Å². The Hall–Kier alpha value is -0.880. The molecule has 1 aliphatic carbocycles. The van der Waals surface area contributed by atoms with Crippen LogP contribution in [0.25, 0.3) is 0 Å². The number of hydrogen-bond acceptors (Lipinski definition) is 3. The van der Waals surface area contributed by atoms with Gasteiger partial charge in [0.15, 0.2) is 0 Å². The summed E-state index contributed by atoms with van der Waals surface area (Å²) >= 11 is 1.58. The highest BCUT2D eigenvalue weighted by molar-refractivity contribution is 7.09. The summed E-state index contributed by atoms with van der Waals surface area (Å²) in [7, 11) is 0. The van der Waals surface area contributed by atoms with Gasteiger partial charge in [-0.25, -0.2) is 4.98 Å². The first kappa shape index (κ1) is 5.87. The molecule has 1 heterocycles. The lowest BCUT2D eigenvalue weighted by atomic mass is 10.1. The highest BCUT2D eigenvalue weighted by Crippen LogP contribution is 2.47. The molecule has 2 rings (SSSR count). The fourth-order valence-corrected chi connectivity index (χ4v) is 1.81. The summed E-state index contributed by atoms with van der Waals surface area (Å²) in [5.74, 6) is 0. The van der Waals surface area contributed by atoms with Crippen LogP contribution < -0.4 is 0 Å². The second-order valence-corrected chi connectivity index (χ2v) is 3.43. The Balaban J connectivity index is 2.38. The minimum Gasteiger partial charge on any atom is -0.248 e. The van der Waals surface area contributed by atoms with Gasteiger partial charge >= 0.3 is 0 Å². The van der Waals surface area contributed by atoms with Gasteiger partial charge in [-0.3, -0.25) is 0 Å². The van der Waals surface area contributed by atoms with Crippen LogP contribution in [-0.2, 0) is 5.41 Å². The zero-order valence-corrected chi connectivity index (χ0v) is 6.19. The maximum Gasteiger partial charge on any atom is 0.113 e. The number of nitrogens with zero attached hydrogens (tertiary/aromatic N) is 2. The first-order chi connectivity index (χ1) is 4.87. The van der Waals surface area contributed by atoms with E-state index < -0.39 is 0 Å². The van der Waals surface area contributed by atoms with E-state index in [0.29, 0.717) is 0 Å². The summed E-state index contributed by atoms with van der Waals surface area (Å²) in [6.45, 7) is 0. The molecule has 0 amide bonds. The van der Waals surface area contributed by atoms with Gasteiger partial charge in [0.05, 0.1) is 6.07 Å². The van der Waals surface area contributed by atoms with Crippen molar-refractivity contribution in [3.63, 3.8) is 0 Å². The van der Waals surface area contributed by atoms with Crippen molar-refractivity contribution in [1.29, 1.82) is 5.26 Å². The van der Waals surface area contributed by atoms with Crippen LogP contribution in [0.3, 0.4) is 0 Å². The van der Waals surface area contributed by atoms with Crippen molar-refractivity contribution in [3.8, 4) is 6.07 Å². The van der Waals surface area contributed by atoms with Gasteiger partial charge < -0.3 is 0 Å². The number of hydrogen-bond donors (Lipinski definition) is 0. The normalized spacial score (nSPS) is 19.9. The Labute approximate surface area is 63.1 Å². The highest BCUT2D eigenvalue weighted by atomic mass is 32.1. The minimum atomic E-state index is -0.172. The molecule has 0 radical (unpaired) electrons. The van der Waals surface area contributed by atoms with Crippen LogP contribution in [0.1, 0.15) is 17.8 Å². The molecule has 0 atom stereocenters. The van der Waals surface area contributed by atoms with Crippen LogP contribution in [0, 0.1) is 11.3 Å². The lowest BCUT2D eigenvalue weighted by Crippen LogP contribution is -2.00. The van der Waals surface area contributed by atoms with E-state index in [1.807, 2.05) is 5.38 Å². The van der Waals surface area contributed by atoms with Crippen LogP contribution >= 0.6 is 11.3 Å². The number of rotatable bonds is 1. The molecular formula is C7H6N2S. The Bertz CT molecular complexity index is 266. The molecule has 1 aromatic rings. The molecule has 1 aliphatic rings. The van der Waals surface area contributed by atoms with E-state index in [9.17, 15) is 0 Å². The van der Waals surface area contributed by atoms with Gasteiger partial charge in [0.2, 0.25) is 0 Å². The predicted molar refractivity (Wildman–Crippen MR) is 38.6 cm³/mol. The molecule has 1 aromatic heterocycles. The van der Waals surface area contributed by atoms with E-state index in [1.165, 1.54) is 0 Å². The Morgan fingerprint density at radius 2 is 2.50 bits per heavy atom. The topological polar surface area (TPSA) is 36.7 Å². The summed E-state index contributed by atoms with van der Waals surface area (Å²) in [6.07, 6.45) is 3.76. The molecule has 1 saturated carbocycles. The van der Waals surface area contributed by atoms with Gasteiger partial charge in [-0.15, -0.1) is 11.3 Å². The molecule has 0 unspecified atom stereocenters. The standard InChI is InChI=1S/C7H6N2S/c8-5-7(1-2-7)6-9-3-4-10-6/h3-4H,1-2H2. The molecule has 0 aliphatic heterocycles. The van der Waals surface area contributed by atoms with Crippen LogP contribution in [0.15, 0.2) is 11.6 Å². The Morgan fingerprint density at radius 1 is 1.70 bits per heavy atom. The fourth-order valence-electron chi connectivity index (χ4n) is 0.958. The van der Waals surface area contributed by atoms with E-state index >= 15 is 0 Å². The monoisotopic (exact) mass is 150 g/mol. The molecule has 0 bridgehead atoms. The summed E-state index contributed by atoms with van der Waals surface area (Å²) in [5.41, 5.74) is -0.172. The van der Waals surface area contributed by atoms with Crippen molar-refractivity contribution in [2.24, 2.45) is 0 Å². The van der Waals surface area contributed by atoms with E-state index in [1.54, 1.807) is 17.5 Å². The average molecular weight is 150 g/mol. The van der Waals surface area contributed by atoms with Crippen LogP contribution in [0.2, 0.25) is 0 Å². The number of aromatic nitrogens is 1. The van der Waals surface area contributed by atoms with E-state index in [0.717, 1.165) is 17.8 Å². The quantitative estimate of drug-likeness (QED) is 0.611. The van der Waals surface area contributed by atoms with Gasteiger partial charge in [0.25, 0.3) is 0 Å². The molecule has 10 heavy (non-hydrogen) atoms. The first-order valence-electron chi connectivity index (χ1n) is 3.19. The second-order valence-electron chi connectivity index (χ2n) is 2.53. The number of nitriles is 1. The zero-order valence-electron chi connectivity index (χ0n) is 5.37. The summed E-state index contributed by atoms with van der Waals surface area (Å²) in [6, 6.07) is 2.30. The second kappa shape index (κ2) is 1.80. The molecule has 0 spiro atoms. The SMILES string of the molecule is N#CC1(c2nccs2)CC1. The van der Waals surface area contributed by atoms with Crippen molar-refractivity contribution in [2.45, 2.75) is 18.3 Å². The van der Waals surface area contributed by atoms with Gasteiger partial charge in [-0.05, 0) is 12.8 Å². The van der Waals surface area contributed by atoms with Crippen molar-refractivity contribution in [2.75, 3.05) is 0 Å². The maximum absolute atomic E-state index is 8.74. The van der Waals surface area contributed by atoms with Gasteiger partial charge in [-0.1, -0.05) is 0 Å². The van der Waals surface area contributed by atoms with E-state index in [2.05, 4.69) is 11.1 Å². The zero-order chi connectivity index (χ0) is 7.03. The first-order valence-corrected chi connectivity index (χ1v) is 4.07. The third-order valence-electron chi connectivity index (χ3n) is 1.81. The summed E-state index contributed by atoms with van der Waals surface area (Å²) in [4.78, 5) is 4.12. The van der Waals surface area contributed by atoms with Crippen molar-refractivity contribution in [1.82, 2.24) is 4.98 Å². The van der Waals surface area contributed by atoms with Gasteiger partial charge in [0.1, 0.15) is 10.4 Å². The van der Waals surface area contributed by atoms with Crippen LogP contribution in [0.5, 0.6) is 0 Å². The van der Waals surface area contributed by atoms with Gasteiger partial charge in [0, 0.05) is 11.6 Å². The van der Waals surface area contributed by atoms with E-state index in [-0.39, 0.29) is 5.41 Å². The molecule has 3 heteroatoms. The molecule has 0 N–H and O–H groups in total. The Morgan fingerprint density at radius 3 is 2.90 bits per heavy atom. The smallest absolute Gasteiger partial charge is 0.113 e. The molecule has 50 valence electrons. The average Bonchev–Trinajstić information content (AvgIpc) is 2.58. The van der Waals surface area contributed by atoms with Crippen molar-refractivity contribution in [3.05, 3.63) is 16.6 Å². The predicted octanol–water partition coefficient (Wildman–Crippen LogP) is 1.70. The minimum absolute atomic E-state index is 0.172. The molecule has 0 saturated heterocycles. The molecule has 2 nitrogen and oxygen atoms in total. The summed E-state index contributed by atoms with van der Waals surface area (Å²) in [5, 5.41) is 11.7. The lowest BCUT2D eigenvalue weighted by molar-refractivity contribution is 0.890. The number of thiazole rings is 1. The van der Waals surface area contributed by atoms with E-state index in [4.69, 9.17) is 5.26 Å². The molecule has 1 fully saturated rings. The third kappa shape index (κ3) is 0.659. The fraction of sp³-hybridized carbons (Fsp3) is 0.429. The van der Waals surface area contributed by atoms with Crippen LogP contribution in [-0.4, -0.2) is 4.98 Å². The molecular weight excluding hydrogens is 144 g/mol. The van der Waals surface area contributed by atoms with Crippen molar-refractivity contribution < 1.29 is 0 Å². The lowest BCUT2D eigenvalue weighted by Gasteiger charge is -1.95.